The number of unbranched alkanes of at least 4 members (excludes halogenated alkanes) is 22. The molecule has 0 aromatic rings. The molecule has 0 amide bonds. The topological polar surface area (TPSA) is 78.9 Å². The minimum absolute atomic E-state index is 0.107. The molecule has 0 N–H and O–H groups in total. The van der Waals surface area contributed by atoms with Gasteiger partial charge in [0.15, 0.2) is 6.10 Å². The van der Waals surface area contributed by atoms with Crippen molar-refractivity contribution in [1.82, 2.24) is 0 Å². The Kier molecular flexibility index (Phi) is 49.4. The van der Waals surface area contributed by atoms with E-state index in [0.717, 1.165) is 77.0 Å². The van der Waals surface area contributed by atoms with Gasteiger partial charge < -0.3 is 14.2 Å². The average molecular weight is 891 g/mol. The van der Waals surface area contributed by atoms with Crippen LogP contribution in [-0.4, -0.2) is 37.2 Å². The summed E-state index contributed by atoms with van der Waals surface area (Å²) in [6.45, 7) is 6.40. The van der Waals surface area contributed by atoms with Gasteiger partial charge in [-0.3, -0.25) is 14.4 Å². The Bertz CT molecular complexity index is 1250. The first-order valence-electron chi connectivity index (χ1n) is 26.6. The molecule has 0 saturated carbocycles. The number of allylic oxidation sites excluding steroid dienone is 14. The second-order valence-corrected chi connectivity index (χ2v) is 17.4. The van der Waals surface area contributed by atoms with Crippen molar-refractivity contribution in [2.45, 2.75) is 252 Å². The van der Waals surface area contributed by atoms with Crippen molar-refractivity contribution in [3.8, 4) is 0 Å². The van der Waals surface area contributed by atoms with Gasteiger partial charge in [-0.1, -0.05) is 228 Å². The van der Waals surface area contributed by atoms with Crippen molar-refractivity contribution in [2.24, 2.45) is 0 Å². The maximum atomic E-state index is 12.7. The van der Waals surface area contributed by atoms with Crippen LogP contribution >= 0.6 is 0 Å². The minimum atomic E-state index is -0.814. The van der Waals surface area contributed by atoms with Crippen molar-refractivity contribution in [1.29, 1.82) is 0 Å². The number of hydrogen-bond acceptors (Lipinski definition) is 6. The SMILES string of the molecule is CC/C=C\C/C=C\C/C=C\C/C=C\C/C=C\C/C=C\CCC(=O)OC(COC(=O)CCCCCCCC)COC(=O)CCCCCCCCCCC/C=C\CCCCCCCCCC. The summed E-state index contributed by atoms with van der Waals surface area (Å²) in [6, 6.07) is 0. The summed E-state index contributed by atoms with van der Waals surface area (Å²) in [4.78, 5) is 37.7. The molecular formula is C58H98O6. The molecule has 0 aromatic carbocycles. The van der Waals surface area contributed by atoms with Crippen LogP contribution in [0, 0.1) is 0 Å². The fourth-order valence-electron chi connectivity index (χ4n) is 7.17. The number of rotatable bonds is 47. The van der Waals surface area contributed by atoms with Crippen molar-refractivity contribution in [2.75, 3.05) is 13.2 Å². The zero-order chi connectivity index (χ0) is 46.5. The largest absolute Gasteiger partial charge is 0.462 e. The third kappa shape index (κ3) is 49.6. The van der Waals surface area contributed by atoms with Crippen LogP contribution in [0.25, 0.3) is 0 Å². The normalized spacial score (nSPS) is 12.7. The van der Waals surface area contributed by atoms with Gasteiger partial charge >= 0.3 is 17.9 Å². The molecule has 0 heterocycles. The summed E-state index contributed by atoms with van der Waals surface area (Å²) >= 11 is 0. The summed E-state index contributed by atoms with van der Waals surface area (Å²) in [5, 5.41) is 0. The monoisotopic (exact) mass is 891 g/mol. The number of esters is 3. The van der Waals surface area contributed by atoms with Crippen molar-refractivity contribution < 1.29 is 28.6 Å². The van der Waals surface area contributed by atoms with Crippen molar-refractivity contribution >= 4 is 17.9 Å². The first-order chi connectivity index (χ1) is 31.5. The second-order valence-electron chi connectivity index (χ2n) is 17.4. The molecule has 366 valence electrons. The predicted octanol–water partition coefficient (Wildman–Crippen LogP) is 17.6. The zero-order valence-corrected chi connectivity index (χ0v) is 41.8. The molecule has 64 heavy (non-hydrogen) atoms. The molecule has 1 unspecified atom stereocenters. The fraction of sp³-hybridized carbons (Fsp3) is 0.707. The molecule has 0 aliphatic rings. The Morgan fingerprint density at radius 2 is 0.641 bits per heavy atom. The molecule has 0 radical (unpaired) electrons. The van der Waals surface area contributed by atoms with Crippen LogP contribution in [0.4, 0.5) is 0 Å². The first-order valence-corrected chi connectivity index (χ1v) is 26.6. The summed E-state index contributed by atoms with van der Waals surface area (Å²) in [6.07, 6.45) is 67.6. The van der Waals surface area contributed by atoms with E-state index in [1.165, 1.54) is 122 Å². The molecule has 0 aromatic heterocycles. The highest BCUT2D eigenvalue weighted by Crippen LogP contribution is 2.14. The molecule has 1 atom stereocenters. The summed E-state index contributed by atoms with van der Waals surface area (Å²) in [5.41, 5.74) is 0. The van der Waals surface area contributed by atoms with Gasteiger partial charge in [0.05, 0.1) is 0 Å². The van der Waals surface area contributed by atoms with Crippen LogP contribution < -0.4 is 0 Å². The lowest BCUT2D eigenvalue weighted by atomic mass is 10.1. The Morgan fingerprint density at radius 1 is 0.328 bits per heavy atom. The lowest BCUT2D eigenvalue weighted by Crippen LogP contribution is -2.30. The quantitative estimate of drug-likeness (QED) is 0.0262. The predicted molar refractivity (Wildman–Crippen MR) is 274 cm³/mol. The van der Waals surface area contributed by atoms with Crippen molar-refractivity contribution in [3.05, 3.63) is 85.1 Å². The average Bonchev–Trinajstić information content (AvgIpc) is 3.29. The highest BCUT2D eigenvalue weighted by molar-refractivity contribution is 5.71. The molecule has 0 fully saturated rings. The van der Waals surface area contributed by atoms with Gasteiger partial charge in [0.25, 0.3) is 0 Å². The zero-order valence-electron chi connectivity index (χ0n) is 41.8. The van der Waals surface area contributed by atoms with E-state index in [9.17, 15) is 14.4 Å². The van der Waals surface area contributed by atoms with Gasteiger partial charge in [0, 0.05) is 19.3 Å². The first kappa shape index (κ1) is 60.6. The molecular weight excluding hydrogens is 793 g/mol. The van der Waals surface area contributed by atoms with E-state index in [1.54, 1.807) is 0 Å². The lowest BCUT2D eigenvalue weighted by molar-refractivity contribution is -0.166. The smallest absolute Gasteiger partial charge is 0.306 e. The standard InChI is InChI=1S/C58H98O6/c1-4-7-10-13-16-18-20-22-24-26-28-29-31-32-34-36-38-40-42-45-48-51-57(60)63-54-55(53-62-56(59)50-47-44-15-12-9-6-3)64-58(61)52-49-46-43-41-39-37-35-33-30-27-25-23-21-19-17-14-11-8-5-2/h8,11,17,19,23,25-26,28,30,33,37,39,43,46,55H,4-7,9-10,12-16,18,20-22,24,27,29,31-32,34-36,38,40-42,44-45,47-54H2,1-3H3/b11-8-,19-17-,25-23-,28-26-,33-30-,39-37-,46-43-. The Hall–Kier alpha value is -3.41. The fourth-order valence-corrected chi connectivity index (χ4v) is 7.17. The molecule has 0 spiro atoms. The molecule has 0 saturated heterocycles. The van der Waals surface area contributed by atoms with Gasteiger partial charge in [-0.15, -0.1) is 0 Å². The molecule has 6 heteroatoms. The summed E-state index contributed by atoms with van der Waals surface area (Å²) in [5.74, 6) is -1.00. The molecule has 0 aliphatic heterocycles. The van der Waals surface area contributed by atoms with E-state index < -0.39 is 12.1 Å². The van der Waals surface area contributed by atoms with E-state index in [0.29, 0.717) is 19.3 Å². The highest BCUT2D eigenvalue weighted by Gasteiger charge is 2.19. The summed E-state index contributed by atoms with van der Waals surface area (Å²) in [7, 11) is 0. The Morgan fingerprint density at radius 3 is 1.02 bits per heavy atom. The number of ether oxygens (including phenoxy) is 3. The maximum Gasteiger partial charge on any atom is 0.306 e. The van der Waals surface area contributed by atoms with Crippen LogP contribution in [0.1, 0.15) is 245 Å². The summed E-state index contributed by atoms with van der Waals surface area (Å²) < 4.78 is 16.6. The van der Waals surface area contributed by atoms with Gasteiger partial charge in [0.1, 0.15) is 13.2 Å². The van der Waals surface area contributed by atoms with Crippen LogP contribution in [-0.2, 0) is 28.6 Å². The van der Waals surface area contributed by atoms with Gasteiger partial charge in [-0.25, -0.2) is 0 Å². The number of carbonyl (C=O) groups excluding carboxylic acids is 3. The third-order valence-corrected chi connectivity index (χ3v) is 11.1. The number of hydrogen-bond donors (Lipinski definition) is 0. The van der Waals surface area contributed by atoms with E-state index in [1.807, 2.05) is 12.2 Å². The minimum Gasteiger partial charge on any atom is -0.462 e. The number of carbonyl (C=O) groups is 3. The maximum absolute atomic E-state index is 12.7. The second kappa shape index (κ2) is 52.2. The van der Waals surface area contributed by atoms with E-state index >= 15 is 0 Å². The van der Waals surface area contributed by atoms with Crippen LogP contribution in [0.5, 0.6) is 0 Å². The third-order valence-electron chi connectivity index (χ3n) is 11.1. The van der Waals surface area contributed by atoms with Crippen LogP contribution in [0.2, 0.25) is 0 Å². The molecule has 0 rings (SSSR count). The van der Waals surface area contributed by atoms with Gasteiger partial charge in [-0.2, -0.15) is 0 Å². The molecule has 0 aliphatic carbocycles. The van der Waals surface area contributed by atoms with E-state index in [4.69, 9.17) is 14.2 Å². The van der Waals surface area contributed by atoms with Crippen LogP contribution in [0.15, 0.2) is 85.1 Å². The highest BCUT2D eigenvalue weighted by atomic mass is 16.6. The molecule has 6 nitrogen and oxygen atoms in total. The van der Waals surface area contributed by atoms with E-state index in [2.05, 4.69) is 93.7 Å². The van der Waals surface area contributed by atoms with Gasteiger partial charge in [0.2, 0.25) is 0 Å². The lowest BCUT2D eigenvalue weighted by Gasteiger charge is -2.18. The van der Waals surface area contributed by atoms with Crippen LogP contribution in [0.3, 0.4) is 0 Å². The van der Waals surface area contributed by atoms with Gasteiger partial charge in [-0.05, 0) is 83.5 Å². The Labute approximate surface area is 395 Å². The Balaban J connectivity index is 4.30. The molecule has 0 bridgehead atoms. The van der Waals surface area contributed by atoms with E-state index in [-0.39, 0.29) is 31.6 Å². The van der Waals surface area contributed by atoms with Crippen molar-refractivity contribution in [3.63, 3.8) is 0 Å².